The number of hydrogen-bond donors (Lipinski definition) is 1. The number of furan rings is 1. The Hall–Kier alpha value is -2.58. The zero-order valence-electron chi connectivity index (χ0n) is 14.7. The molecule has 0 radical (unpaired) electrons. The number of hydrogen-bond acceptors (Lipinski definition) is 4. The highest BCUT2D eigenvalue weighted by atomic mass is 16.3. The summed E-state index contributed by atoms with van der Waals surface area (Å²) in [6, 6.07) is 14.0. The standard InChI is InChI=1S/C20H23N3O2/c1-14(22-20(24)19-10-18(11-21)25-15(19)2)17-8-9-23(13-17)12-16-6-4-3-5-7-16/h3-7,10,14,17H,8-9,12-13H2,1-2H3,(H,22,24)/t14-,17-/m1/s1. The molecule has 1 aliphatic heterocycles. The number of nitriles is 1. The van der Waals surface area contributed by atoms with Crippen molar-refractivity contribution < 1.29 is 9.21 Å². The highest BCUT2D eigenvalue weighted by Gasteiger charge is 2.28. The molecule has 0 spiro atoms. The lowest BCUT2D eigenvalue weighted by molar-refractivity contribution is 0.0925. The van der Waals surface area contributed by atoms with Crippen LogP contribution in [-0.2, 0) is 6.54 Å². The molecule has 1 aromatic carbocycles. The van der Waals surface area contributed by atoms with Gasteiger partial charge >= 0.3 is 0 Å². The van der Waals surface area contributed by atoms with E-state index in [2.05, 4.69) is 41.4 Å². The van der Waals surface area contributed by atoms with Crippen molar-refractivity contribution in [2.45, 2.75) is 32.9 Å². The Kier molecular flexibility index (Phi) is 5.20. The minimum Gasteiger partial charge on any atom is -0.450 e. The Balaban J connectivity index is 1.55. The van der Waals surface area contributed by atoms with Gasteiger partial charge in [0.1, 0.15) is 11.8 Å². The highest BCUT2D eigenvalue weighted by Crippen LogP contribution is 2.22. The molecule has 1 aromatic heterocycles. The van der Waals surface area contributed by atoms with Crippen LogP contribution in [0.3, 0.4) is 0 Å². The third-order valence-electron chi connectivity index (χ3n) is 4.90. The molecule has 5 heteroatoms. The lowest BCUT2D eigenvalue weighted by atomic mass is 10.00. The molecule has 2 atom stereocenters. The van der Waals surface area contributed by atoms with Gasteiger partial charge in [-0.1, -0.05) is 30.3 Å². The zero-order chi connectivity index (χ0) is 17.8. The van der Waals surface area contributed by atoms with Crippen molar-refractivity contribution in [1.29, 1.82) is 5.26 Å². The van der Waals surface area contributed by atoms with E-state index in [-0.39, 0.29) is 17.7 Å². The topological polar surface area (TPSA) is 69.3 Å². The van der Waals surface area contributed by atoms with Gasteiger partial charge in [-0.25, -0.2) is 0 Å². The molecular formula is C20H23N3O2. The van der Waals surface area contributed by atoms with E-state index in [1.165, 1.54) is 11.6 Å². The number of amides is 1. The fraction of sp³-hybridized carbons (Fsp3) is 0.400. The van der Waals surface area contributed by atoms with Gasteiger partial charge in [0.05, 0.1) is 5.56 Å². The molecule has 3 rings (SSSR count). The van der Waals surface area contributed by atoms with Gasteiger partial charge in [0.15, 0.2) is 0 Å². The zero-order valence-corrected chi connectivity index (χ0v) is 14.7. The Bertz CT molecular complexity index is 776. The van der Waals surface area contributed by atoms with Crippen molar-refractivity contribution >= 4 is 5.91 Å². The number of carbonyl (C=O) groups is 1. The molecule has 1 saturated heterocycles. The van der Waals surface area contributed by atoms with E-state index >= 15 is 0 Å². The van der Waals surface area contributed by atoms with Crippen LogP contribution in [0.5, 0.6) is 0 Å². The Morgan fingerprint density at radius 1 is 1.44 bits per heavy atom. The minimum absolute atomic E-state index is 0.0770. The van der Waals surface area contributed by atoms with Crippen LogP contribution < -0.4 is 5.32 Å². The molecule has 25 heavy (non-hydrogen) atoms. The maximum absolute atomic E-state index is 12.4. The summed E-state index contributed by atoms with van der Waals surface area (Å²) in [5.74, 6) is 0.913. The van der Waals surface area contributed by atoms with Crippen molar-refractivity contribution in [2.75, 3.05) is 13.1 Å². The molecule has 130 valence electrons. The Labute approximate surface area is 148 Å². The number of rotatable bonds is 5. The molecule has 0 bridgehead atoms. The maximum atomic E-state index is 12.4. The van der Waals surface area contributed by atoms with Gasteiger partial charge in [0, 0.05) is 25.2 Å². The number of aryl methyl sites for hydroxylation is 1. The molecular weight excluding hydrogens is 314 g/mol. The molecule has 2 heterocycles. The SMILES string of the molecule is Cc1oc(C#N)cc1C(=O)N[C@H](C)[C@@H]1CCN(Cc2ccccc2)C1. The summed E-state index contributed by atoms with van der Waals surface area (Å²) >= 11 is 0. The normalized spacial score (nSPS) is 18.7. The average molecular weight is 337 g/mol. The van der Waals surface area contributed by atoms with E-state index in [1.807, 2.05) is 12.1 Å². The Morgan fingerprint density at radius 2 is 2.20 bits per heavy atom. The summed E-state index contributed by atoms with van der Waals surface area (Å²) in [7, 11) is 0. The number of carbonyl (C=O) groups excluding carboxylic acids is 1. The van der Waals surface area contributed by atoms with Gasteiger partial charge in [-0.3, -0.25) is 9.69 Å². The summed E-state index contributed by atoms with van der Waals surface area (Å²) in [5.41, 5.74) is 1.76. The lowest BCUT2D eigenvalue weighted by Crippen LogP contribution is -2.39. The number of likely N-dealkylation sites (tertiary alicyclic amines) is 1. The van der Waals surface area contributed by atoms with Crippen LogP contribution in [0.1, 0.15) is 40.8 Å². The first-order valence-electron chi connectivity index (χ1n) is 8.64. The molecule has 0 unspecified atom stereocenters. The van der Waals surface area contributed by atoms with Crippen LogP contribution in [0.15, 0.2) is 40.8 Å². The fourth-order valence-corrected chi connectivity index (χ4v) is 3.42. The third-order valence-corrected chi connectivity index (χ3v) is 4.90. The molecule has 2 aromatic rings. The molecule has 1 aliphatic rings. The second kappa shape index (κ2) is 7.54. The van der Waals surface area contributed by atoms with Gasteiger partial charge in [-0.15, -0.1) is 0 Å². The van der Waals surface area contributed by atoms with E-state index in [1.54, 1.807) is 6.92 Å². The van der Waals surface area contributed by atoms with Crippen molar-refractivity contribution in [3.8, 4) is 6.07 Å². The Morgan fingerprint density at radius 3 is 2.88 bits per heavy atom. The molecule has 5 nitrogen and oxygen atoms in total. The summed E-state index contributed by atoms with van der Waals surface area (Å²) in [6.45, 7) is 6.73. The fourth-order valence-electron chi connectivity index (χ4n) is 3.42. The second-order valence-corrected chi connectivity index (χ2v) is 6.72. The van der Waals surface area contributed by atoms with Gasteiger partial charge in [-0.2, -0.15) is 5.26 Å². The van der Waals surface area contributed by atoms with Gasteiger partial charge in [0.25, 0.3) is 5.91 Å². The average Bonchev–Trinajstić information content (AvgIpc) is 3.22. The van der Waals surface area contributed by atoms with E-state index in [0.717, 1.165) is 26.1 Å². The molecule has 0 aliphatic carbocycles. The minimum atomic E-state index is -0.170. The monoisotopic (exact) mass is 337 g/mol. The first kappa shape index (κ1) is 17.2. The van der Waals surface area contributed by atoms with E-state index in [4.69, 9.17) is 9.68 Å². The van der Waals surface area contributed by atoms with Crippen LogP contribution in [0.25, 0.3) is 0 Å². The first-order chi connectivity index (χ1) is 12.1. The highest BCUT2D eigenvalue weighted by molar-refractivity contribution is 5.95. The quantitative estimate of drug-likeness (QED) is 0.910. The molecule has 1 fully saturated rings. The van der Waals surface area contributed by atoms with Crippen molar-refractivity contribution in [2.24, 2.45) is 5.92 Å². The van der Waals surface area contributed by atoms with Crippen LogP contribution in [0.4, 0.5) is 0 Å². The van der Waals surface area contributed by atoms with E-state index in [9.17, 15) is 4.79 Å². The van der Waals surface area contributed by atoms with Crippen LogP contribution >= 0.6 is 0 Å². The number of nitrogens with zero attached hydrogens (tertiary/aromatic N) is 2. The maximum Gasteiger partial charge on any atom is 0.255 e. The lowest BCUT2D eigenvalue weighted by Gasteiger charge is -2.21. The molecule has 1 amide bonds. The van der Waals surface area contributed by atoms with Gasteiger partial charge < -0.3 is 9.73 Å². The molecule has 1 N–H and O–H groups in total. The van der Waals surface area contributed by atoms with Crippen LogP contribution in [0, 0.1) is 24.2 Å². The van der Waals surface area contributed by atoms with Crippen molar-refractivity contribution in [1.82, 2.24) is 10.2 Å². The summed E-state index contributed by atoms with van der Waals surface area (Å²) in [5, 5.41) is 11.9. The summed E-state index contributed by atoms with van der Waals surface area (Å²) in [4.78, 5) is 14.9. The van der Waals surface area contributed by atoms with Crippen LogP contribution in [-0.4, -0.2) is 29.9 Å². The van der Waals surface area contributed by atoms with Crippen molar-refractivity contribution in [3.63, 3.8) is 0 Å². The van der Waals surface area contributed by atoms with E-state index in [0.29, 0.717) is 17.2 Å². The largest absolute Gasteiger partial charge is 0.450 e. The van der Waals surface area contributed by atoms with E-state index < -0.39 is 0 Å². The van der Waals surface area contributed by atoms with Gasteiger partial charge in [-0.05, 0) is 38.3 Å². The van der Waals surface area contributed by atoms with Crippen molar-refractivity contribution in [3.05, 3.63) is 59.0 Å². The third kappa shape index (κ3) is 4.09. The van der Waals surface area contributed by atoms with Gasteiger partial charge in [0.2, 0.25) is 5.76 Å². The second-order valence-electron chi connectivity index (χ2n) is 6.72. The first-order valence-corrected chi connectivity index (χ1v) is 8.64. The predicted molar refractivity (Wildman–Crippen MR) is 94.9 cm³/mol. The summed E-state index contributed by atoms with van der Waals surface area (Å²) < 4.78 is 5.25. The summed E-state index contributed by atoms with van der Waals surface area (Å²) in [6.07, 6.45) is 1.07. The number of benzene rings is 1. The van der Waals surface area contributed by atoms with Crippen LogP contribution in [0.2, 0.25) is 0 Å². The smallest absolute Gasteiger partial charge is 0.255 e. The molecule has 0 saturated carbocycles. The predicted octanol–water partition coefficient (Wildman–Crippen LogP) is 3.10. The number of nitrogens with one attached hydrogen (secondary N) is 1.